The number of halogens is 1. The Kier molecular flexibility index (Phi) is 6.13. The lowest BCUT2D eigenvalue weighted by atomic mass is 9.79. The van der Waals surface area contributed by atoms with E-state index in [2.05, 4.69) is 22.4 Å². The van der Waals surface area contributed by atoms with E-state index in [9.17, 15) is 9.18 Å². The molecule has 3 rings (SSSR count). The largest absolute Gasteiger partial charge is 0.300 e. The van der Waals surface area contributed by atoms with Gasteiger partial charge in [0.15, 0.2) is 0 Å². The maximum atomic E-state index is 13.0. The van der Waals surface area contributed by atoms with Gasteiger partial charge in [0, 0.05) is 11.5 Å². The van der Waals surface area contributed by atoms with Gasteiger partial charge in [0.25, 0.3) is 0 Å². The molecule has 0 unspecified atom stereocenters. The number of amides is 1. The summed E-state index contributed by atoms with van der Waals surface area (Å²) >= 11 is 1.32. The van der Waals surface area contributed by atoms with Crippen LogP contribution in [0, 0.1) is 17.7 Å². The first-order valence-corrected chi connectivity index (χ1v) is 9.87. The number of nitrogens with zero attached hydrogens (tertiary/aromatic N) is 2. The highest BCUT2D eigenvalue weighted by Crippen LogP contribution is 2.33. The van der Waals surface area contributed by atoms with E-state index in [0.29, 0.717) is 10.1 Å². The number of benzene rings is 1. The smallest absolute Gasteiger partial charge is 0.229 e. The quantitative estimate of drug-likeness (QED) is 0.761. The van der Waals surface area contributed by atoms with Crippen LogP contribution in [0.25, 0.3) is 10.6 Å². The van der Waals surface area contributed by atoms with Crippen molar-refractivity contribution in [3.8, 4) is 10.6 Å². The van der Waals surface area contributed by atoms with Gasteiger partial charge in [-0.3, -0.25) is 4.79 Å². The van der Waals surface area contributed by atoms with Gasteiger partial charge < -0.3 is 5.32 Å². The summed E-state index contributed by atoms with van der Waals surface area (Å²) in [5.74, 6) is 0.638. The minimum absolute atomic E-state index is 0.0516. The molecule has 1 aliphatic carbocycles. The standard InChI is InChI=1S/C19H24FN3OS/c1-2-3-4-13-5-7-14(8-6-13)17(24)21-19-23-22-18(25-19)15-9-11-16(20)12-10-15/h9-14H,2-8H2,1H3,(H,21,23,24). The first kappa shape index (κ1) is 18.0. The summed E-state index contributed by atoms with van der Waals surface area (Å²) in [5.41, 5.74) is 0.802. The van der Waals surface area contributed by atoms with Crippen molar-refractivity contribution >= 4 is 22.4 Å². The Bertz CT molecular complexity index is 693. The van der Waals surface area contributed by atoms with E-state index in [1.807, 2.05) is 0 Å². The van der Waals surface area contributed by atoms with Crippen molar-refractivity contribution in [1.29, 1.82) is 0 Å². The average Bonchev–Trinajstić information content (AvgIpc) is 3.09. The molecule has 1 aromatic carbocycles. The van der Waals surface area contributed by atoms with Gasteiger partial charge in [0.05, 0.1) is 0 Å². The first-order valence-electron chi connectivity index (χ1n) is 9.06. The second kappa shape index (κ2) is 8.52. The van der Waals surface area contributed by atoms with Gasteiger partial charge in [0.1, 0.15) is 10.8 Å². The van der Waals surface area contributed by atoms with E-state index in [1.54, 1.807) is 12.1 Å². The molecule has 0 bridgehead atoms. The summed E-state index contributed by atoms with van der Waals surface area (Å²) in [6.45, 7) is 2.22. The van der Waals surface area contributed by atoms with Crippen LogP contribution in [-0.2, 0) is 4.79 Å². The number of unbranched alkanes of at least 4 members (excludes halogenated alkanes) is 1. The monoisotopic (exact) mass is 361 g/mol. The molecule has 0 atom stereocenters. The van der Waals surface area contributed by atoms with Crippen LogP contribution in [0.1, 0.15) is 51.9 Å². The predicted octanol–water partition coefficient (Wildman–Crippen LogP) is 5.28. The van der Waals surface area contributed by atoms with Gasteiger partial charge in [-0.2, -0.15) is 0 Å². The molecular formula is C19H24FN3OS. The van der Waals surface area contributed by atoms with Gasteiger partial charge in [-0.15, -0.1) is 10.2 Å². The molecule has 0 saturated heterocycles. The summed E-state index contributed by atoms with van der Waals surface area (Å²) in [7, 11) is 0. The molecule has 1 fully saturated rings. The van der Waals surface area contributed by atoms with Gasteiger partial charge >= 0.3 is 0 Å². The zero-order chi connectivity index (χ0) is 17.6. The SMILES string of the molecule is CCCCC1CCC(C(=O)Nc2nnc(-c3ccc(F)cc3)s2)CC1. The fraction of sp³-hybridized carbons (Fsp3) is 0.526. The van der Waals surface area contributed by atoms with E-state index < -0.39 is 0 Å². The van der Waals surface area contributed by atoms with Crippen molar-refractivity contribution in [2.45, 2.75) is 51.9 Å². The predicted molar refractivity (Wildman–Crippen MR) is 98.9 cm³/mol. The molecular weight excluding hydrogens is 337 g/mol. The molecule has 2 aromatic rings. The lowest BCUT2D eigenvalue weighted by molar-refractivity contribution is -0.121. The Balaban J connectivity index is 1.53. The van der Waals surface area contributed by atoms with Crippen molar-refractivity contribution < 1.29 is 9.18 Å². The Hall–Kier alpha value is -1.82. The van der Waals surface area contributed by atoms with Gasteiger partial charge in [-0.25, -0.2) is 4.39 Å². The minimum atomic E-state index is -0.281. The molecule has 1 N–H and O–H groups in total. The molecule has 0 spiro atoms. The van der Waals surface area contributed by atoms with Crippen molar-refractivity contribution in [3.63, 3.8) is 0 Å². The molecule has 0 aliphatic heterocycles. The van der Waals surface area contributed by atoms with Crippen LogP contribution >= 0.6 is 11.3 Å². The second-order valence-electron chi connectivity index (χ2n) is 6.77. The van der Waals surface area contributed by atoms with E-state index in [4.69, 9.17) is 0 Å². The van der Waals surface area contributed by atoms with Gasteiger partial charge in [-0.05, 0) is 55.9 Å². The normalized spacial score (nSPS) is 20.4. The fourth-order valence-electron chi connectivity index (χ4n) is 3.40. The van der Waals surface area contributed by atoms with Crippen LogP contribution in [0.3, 0.4) is 0 Å². The number of rotatable bonds is 6. The zero-order valence-corrected chi connectivity index (χ0v) is 15.3. The summed E-state index contributed by atoms with van der Waals surface area (Å²) in [5, 5.41) is 12.2. The van der Waals surface area contributed by atoms with Crippen LogP contribution in [-0.4, -0.2) is 16.1 Å². The molecule has 1 saturated carbocycles. The maximum Gasteiger partial charge on any atom is 0.229 e. The Morgan fingerprint density at radius 2 is 1.92 bits per heavy atom. The summed E-state index contributed by atoms with van der Waals surface area (Å²) in [6, 6.07) is 6.12. The molecule has 4 nitrogen and oxygen atoms in total. The third-order valence-corrected chi connectivity index (χ3v) is 5.82. The highest BCUT2D eigenvalue weighted by atomic mass is 32.1. The van der Waals surface area contributed by atoms with E-state index >= 15 is 0 Å². The number of hydrogen-bond donors (Lipinski definition) is 1. The lowest BCUT2D eigenvalue weighted by Crippen LogP contribution is -2.27. The van der Waals surface area contributed by atoms with Gasteiger partial charge in [0.2, 0.25) is 11.0 Å². The number of nitrogens with one attached hydrogen (secondary N) is 1. The van der Waals surface area contributed by atoms with Gasteiger partial charge in [-0.1, -0.05) is 37.5 Å². The molecule has 0 radical (unpaired) electrons. The van der Waals surface area contributed by atoms with Crippen LogP contribution < -0.4 is 5.32 Å². The molecule has 134 valence electrons. The third-order valence-electron chi connectivity index (χ3n) is 4.93. The highest BCUT2D eigenvalue weighted by molar-refractivity contribution is 7.18. The average molecular weight is 361 g/mol. The van der Waals surface area contributed by atoms with Crippen molar-refractivity contribution in [1.82, 2.24) is 10.2 Å². The third kappa shape index (κ3) is 4.84. The first-order chi connectivity index (χ1) is 12.2. The van der Waals surface area contributed by atoms with E-state index in [0.717, 1.165) is 37.2 Å². The van der Waals surface area contributed by atoms with E-state index in [-0.39, 0.29) is 17.6 Å². The number of carbonyl (C=O) groups excluding carboxylic acids is 1. The molecule has 1 aromatic heterocycles. The van der Waals surface area contributed by atoms with Crippen LogP contribution in [0.15, 0.2) is 24.3 Å². The molecule has 1 amide bonds. The highest BCUT2D eigenvalue weighted by Gasteiger charge is 2.26. The molecule has 25 heavy (non-hydrogen) atoms. The van der Waals surface area contributed by atoms with Crippen molar-refractivity contribution in [2.24, 2.45) is 11.8 Å². The maximum absolute atomic E-state index is 13.0. The molecule has 1 heterocycles. The molecule has 6 heteroatoms. The summed E-state index contributed by atoms with van der Waals surface area (Å²) in [6.07, 6.45) is 8.05. The second-order valence-corrected chi connectivity index (χ2v) is 7.75. The van der Waals surface area contributed by atoms with Crippen LogP contribution in [0.5, 0.6) is 0 Å². The topological polar surface area (TPSA) is 54.9 Å². The number of aromatic nitrogens is 2. The fourth-order valence-corrected chi connectivity index (χ4v) is 4.15. The summed E-state index contributed by atoms with van der Waals surface area (Å²) in [4.78, 5) is 12.5. The minimum Gasteiger partial charge on any atom is -0.300 e. The Morgan fingerprint density at radius 1 is 1.20 bits per heavy atom. The lowest BCUT2D eigenvalue weighted by Gasteiger charge is -2.27. The number of hydrogen-bond acceptors (Lipinski definition) is 4. The van der Waals surface area contributed by atoms with E-state index in [1.165, 1.54) is 42.7 Å². The summed E-state index contributed by atoms with van der Waals surface area (Å²) < 4.78 is 13.0. The Morgan fingerprint density at radius 3 is 2.60 bits per heavy atom. The number of anilines is 1. The Labute approximate surface area is 151 Å². The zero-order valence-electron chi connectivity index (χ0n) is 14.5. The van der Waals surface area contributed by atoms with Crippen molar-refractivity contribution in [3.05, 3.63) is 30.1 Å². The number of carbonyl (C=O) groups is 1. The van der Waals surface area contributed by atoms with Crippen LogP contribution in [0.4, 0.5) is 9.52 Å². The van der Waals surface area contributed by atoms with Crippen molar-refractivity contribution in [2.75, 3.05) is 5.32 Å². The van der Waals surface area contributed by atoms with Crippen LogP contribution in [0.2, 0.25) is 0 Å². The molecule has 1 aliphatic rings.